The molecule has 0 radical (unpaired) electrons. The fourth-order valence-electron chi connectivity index (χ4n) is 0.827. The maximum Gasteiger partial charge on any atom is 0.332 e. The van der Waals surface area contributed by atoms with Gasteiger partial charge in [0.25, 0.3) is 0 Å². The minimum absolute atomic E-state index is 0.206. The van der Waals surface area contributed by atoms with E-state index in [1.165, 1.54) is 11.8 Å². The molecule has 3 N–H and O–H groups in total. The first-order valence-corrected chi connectivity index (χ1v) is 6.00. The molecule has 0 bridgehead atoms. The summed E-state index contributed by atoms with van der Waals surface area (Å²) in [4.78, 5) is 22.4. The highest BCUT2D eigenvalue weighted by Gasteiger charge is 2.22. The highest BCUT2D eigenvalue weighted by Crippen LogP contribution is 1.95. The van der Waals surface area contributed by atoms with Crippen molar-refractivity contribution in [1.82, 2.24) is 5.32 Å². The van der Waals surface area contributed by atoms with Gasteiger partial charge >= 0.3 is 5.97 Å². The van der Waals surface area contributed by atoms with Crippen LogP contribution in [-0.4, -0.2) is 42.6 Å². The lowest BCUT2D eigenvalue weighted by Crippen LogP contribution is -2.47. The molecule has 0 aromatic heterocycles. The lowest BCUT2D eigenvalue weighted by Gasteiger charge is -2.10. The first kappa shape index (κ1) is 14.8. The molecule has 0 aliphatic rings. The molecular weight excluding hydrogens is 228 g/mol. The van der Waals surface area contributed by atoms with Crippen LogP contribution in [0.5, 0.6) is 0 Å². The smallest absolute Gasteiger partial charge is 0.332 e. The summed E-state index contributed by atoms with van der Waals surface area (Å²) in [6.07, 6.45) is 5.05. The molecule has 0 aromatic carbocycles. The van der Waals surface area contributed by atoms with Crippen LogP contribution in [0.25, 0.3) is 0 Å². The van der Waals surface area contributed by atoms with Crippen LogP contribution in [0.3, 0.4) is 0 Å². The van der Waals surface area contributed by atoms with Crippen molar-refractivity contribution in [1.29, 1.82) is 0 Å². The van der Waals surface area contributed by atoms with E-state index in [-0.39, 0.29) is 6.61 Å². The fraction of sp³-hybridized carbons (Fsp3) is 0.600. The molecule has 90 valence electrons. The van der Waals surface area contributed by atoms with E-state index < -0.39 is 17.9 Å². The van der Waals surface area contributed by atoms with Crippen LogP contribution >= 0.6 is 11.8 Å². The summed E-state index contributed by atoms with van der Waals surface area (Å²) >= 11 is 1.52. The molecule has 0 aromatic rings. The molecule has 6 heteroatoms. The maximum absolute atomic E-state index is 11.3. The van der Waals surface area contributed by atoms with Crippen molar-refractivity contribution in [2.45, 2.75) is 13.0 Å². The van der Waals surface area contributed by atoms with Crippen LogP contribution in [0.1, 0.15) is 6.92 Å². The zero-order valence-electron chi connectivity index (χ0n) is 9.19. The van der Waals surface area contributed by atoms with Gasteiger partial charge in [0.2, 0.25) is 5.91 Å². The Morgan fingerprint density at radius 2 is 2.31 bits per heavy atom. The minimum Gasteiger partial charge on any atom is -0.464 e. The Balaban J connectivity index is 3.71. The molecule has 0 saturated heterocycles. The predicted octanol–water partition coefficient (Wildman–Crippen LogP) is -0.641. The summed E-state index contributed by atoms with van der Waals surface area (Å²) in [6, 6.07) is -1.25. The first-order chi connectivity index (χ1) is 7.63. The highest BCUT2D eigenvalue weighted by atomic mass is 32.2. The summed E-state index contributed by atoms with van der Waals surface area (Å²) in [6.45, 7) is 2.29. The summed E-state index contributed by atoms with van der Waals surface area (Å²) in [5.74, 6) is 2.51. The Hall–Kier alpha value is -1.19. The van der Waals surface area contributed by atoms with Crippen molar-refractivity contribution in [3.05, 3.63) is 0 Å². The van der Waals surface area contributed by atoms with E-state index in [1.54, 1.807) is 6.92 Å². The van der Waals surface area contributed by atoms with E-state index in [4.69, 9.17) is 12.2 Å². The van der Waals surface area contributed by atoms with Crippen LogP contribution < -0.4 is 11.1 Å². The van der Waals surface area contributed by atoms with Gasteiger partial charge in [0.1, 0.15) is 0 Å². The predicted molar refractivity (Wildman–Crippen MR) is 63.8 cm³/mol. The Kier molecular flexibility index (Phi) is 8.39. The lowest BCUT2D eigenvalue weighted by molar-refractivity contribution is -0.147. The number of esters is 1. The van der Waals surface area contributed by atoms with Gasteiger partial charge in [-0.3, -0.25) is 4.79 Å². The van der Waals surface area contributed by atoms with Crippen molar-refractivity contribution in [2.24, 2.45) is 5.73 Å². The summed E-state index contributed by atoms with van der Waals surface area (Å²) < 4.78 is 4.61. The van der Waals surface area contributed by atoms with E-state index >= 15 is 0 Å². The Labute approximate surface area is 99.5 Å². The number of rotatable bonds is 7. The van der Waals surface area contributed by atoms with E-state index in [1.807, 2.05) is 0 Å². The van der Waals surface area contributed by atoms with Gasteiger partial charge in [0.15, 0.2) is 6.04 Å². The second-order valence-corrected chi connectivity index (χ2v) is 3.88. The van der Waals surface area contributed by atoms with Gasteiger partial charge in [-0.25, -0.2) is 4.79 Å². The van der Waals surface area contributed by atoms with Gasteiger partial charge in [0, 0.05) is 12.3 Å². The molecule has 5 nitrogen and oxygen atoms in total. The SMILES string of the molecule is C#CCSCCNC(=O)C(N)C(=O)OCC. The molecule has 1 atom stereocenters. The van der Waals surface area contributed by atoms with Gasteiger partial charge in [-0.05, 0) is 6.92 Å². The monoisotopic (exact) mass is 244 g/mol. The molecule has 0 heterocycles. The van der Waals surface area contributed by atoms with E-state index in [2.05, 4.69) is 16.0 Å². The number of nitrogens with one attached hydrogen (secondary N) is 1. The van der Waals surface area contributed by atoms with Gasteiger partial charge in [-0.15, -0.1) is 18.2 Å². The van der Waals surface area contributed by atoms with Crippen molar-refractivity contribution >= 4 is 23.6 Å². The Morgan fingerprint density at radius 3 is 2.88 bits per heavy atom. The molecule has 0 saturated carbocycles. The molecule has 0 aliphatic carbocycles. The van der Waals surface area contributed by atoms with E-state index in [0.717, 1.165) is 0 Å². The standard InChI is InChI=1S/C10H16N2O3S/c1-3-6-16-7-5-12-9(13)8(11)10(14)15-4-2/h1,8H,4-7,11H2,2H3,(H,12,13). The van der Waals surface area contributed by atoms with Crippen LogP contribution in [0.2, 0.25) is 0 Å². The van der Waals surface area contributed by atoms with Crippen LogP contribution in [0, 0.1) is 12.3 Å². The quantitative estimate of drug-likeness (QED) is 0.269. The summed E-state index contributed by atoms with van der Waals surface area (Å²) in [5, 5.41) is 2.53. The number of thioether (sulfide) groups is 1. The Morgan fingerprint density at radius 1 is 1.62 bits per heavy atom. The molecule has 0 fully saturated rings. The number of nitrogens with two attached hydrogens (primary N) is 1. The number of ether oxygens (including phenoxy) is 1. The Bertz CT molecular complexity index is 276. The third-order valence-corrected chi connectivity index (χ3v) is 2.42. The zero-order valence-corrected chi connectivity index (χ0v) is 10.0. The molecule has 0 aliphatic heterocycles. The first-order valence-electron chi connectivity index (χ1n) is 4.84. The third-order valence-electron chi connectivity index (χ3n) is 1.55. The molecule has 16 heavy (non-hydrogen) atoms. The van der Waals surface area contributed by atoms with Gasteiger partial charge in [0.05, 0.1) is 12.4 Å². The number of carbonyl (C=O) groups is 2. The van der Waals surface area contributed by atoms with Crippen LogP contribution in [0.15, 0.2) is 0 Å². The average molecular weight is 244 g/mol. The van der Waals surface area contributed by atoms with Gasteiger partial charge in [-0.1, -0.05) is 5.92 Å². The average Bonchev–Trinajstić information content (AvgIpc) is 2.27. The second kappa shape index (κ2) is 9.07. The minimum atomic E-state index is -1.25. The number of amides is 1. The largest absolute Gasteiger partial charge is 0.464 e. The highest BCUT2D eigenvalue weighted by molar-refractivity contribution is 7.99. The van der Waals surface area contributed by atoms with Crippen molar-refractivity contribution in [2.75, 3.05) is 24.7 Å². The number of hydrogen-bond acceptors (Lipinski definition) is 5. The topological polar surface area (TPSA) is 81.4 Å². The van der Waals surface area contributed by atoms with Gasteiger partial charge in [-0.2, -0.15) is 0 Å². The number of terminal acetylenes is 1. The molecule has 1 unspecified atom stereocenters. The van der Waals surface area contributed by atoms with E-state index in [0.29, 0.717) is 18.1 Å². The fourth-order valence-corrected chi connectivity index (χ4v) is 1.34. The van der Waals surface area contributed by atoms with E-state index in [9.17, 15) is 9.59 Å². The van der Waals surface area contributed by atoms with Crippen molar-refractivity contribution in [3.8, 4) is 12.3 Å². The van der Waals surface area contributed by atoms with Crippen molar-refractivity contribution < 1.29 is 14.3 Å². The van der Waals surface area contributed by atoms with Crippen LogP contribution in [-0.2, 0) is 14.3 Å². The number of carbonyl (C=O) groups excluding carboxylic acids is 2. The normalized spacial score (nSPS) is 11.3. The summed E-state index contributed by atoms with van der Waals surface area (Å²) in [7, 11) is 0. The van der Waals surface area contributed by atoms with Gasteiger partial charge < -0.3 is 15.8 Å². The lowest BCUT2D eigenvalue weighted by atomic mass is 10.3. The second-order valence-electron chi connectivity index (χ2n) is 2.78. The molecule has 0 rings (SSSR count). The molecular formula is C10H16N2O3S. The third kappa shape index (κ3) is 6.32. The maximum atomic E-state index is 11.3. The van der Waals surface area contributed by atoms with Crippen LogP contribution in [0.4, 0.5) is 0 Å². The zero-order chi connectivity index (χ0) is 12.4. The summed E-state index contributed by atoms with van der Waals surface area (Å²) in [5.41, 5.74) is 5.36. The molecule has 0 spiro atoms. The number of hydrogen-bond donors (Lipinski definition) is 2. The van der Waals surface area contributed by atoms with Crippen molar-refractivity contribution in [3.63, 3.8) is 0 Å². The molecule has 1 amide bonds.